The van der Waals surface area contributed by atoms with E-state index in [1.54, 1.807) is 12.1 Å². The van der Waals surface area contributed by atoms with Crippen molar-refractivity contribution < 1.29 is 26.8 Å². The Morgan fingerprint density at radius 2 is 1.84 bits per heavy atom. The predicted octanol–water partition coefficient (Wildman–Crippen LogP) is 3.76. The van der Waals surface area contributed by atoms with Crippen LogP contribution in [0.3, 0.4) is 0 Å². The Morgan fingerprint density at radius 3 is 2.54 bits per heavy atom. The molecule has 0 radical (unpaired) electrons. The fourth-order valence-electron chi connectivity index (χ4n) is 3.90. The van der Waals surface area contributed by atoms with Gasteiger partial charge in [-0.25, -0.2) is 32.0 Å². The average Bonchev–Trinajstić information content (AvgIpc) is 2.83. The van der Waals surface area contributed by atoms with Crippen LogP contribution in [0, 0.1) is 11.6 Å². The maximum atomic E-state index is 15.3. The predicted molar refractivity (Wildman–Crippen MR) is 135 cm³/mol. The number of para-hydroxylation sites is 1. The summed E-state index contributed by atoms with van der Waals surface area (Å²) < 4.78 is 56.1. The number of anilines is 3. The van der Waals surface area contributed by atoms with Gasteiger partial charge in [-0.15, -0.1) is 0 Å². The molecule has 1 unspecified atom stereocenters. The maximum absolute atomic E-state index is 15.3. The molecule has 37 heavy (non-hydrogen) atoms. The normalized spacial score (nSPS) is 15.8. The Kier molecular flexibility index (Phi) is 7.55. The van der Waals surface area contributed by atoms with E-state index < -0.39 is 39.6 Å². The van der Waals surface area contributed by atoms with Crippen molar-refractivity contribution in [3.8, 4) is 11.1 Å². The van der Waals surface area contributed by atoms with Crippen LogP contribution >= 0.6 is 11.6 Å². The summed E-state index contributed by atoms with van der Waals surface area (Å²) in [5.41, 5.74) is -0.279. The van der Waals surface area contributed by atoms with Crippen LogP contribution in [0.15, 0.2) is 48.8 Å². The van der Waals surface area contributed by atoms with E-state index in [1.165, 1.54) is 36.7 Å². The van der Waals surface area contributed by atoms with E-state index in [0.717, 1.165) is 11.2 Å². The number of hydrogen-bond donors (Lipinski definition) is 3. The van der Waals surface area contributed by atoms with Gasteiger partial charge >= 0.3 is 6.03 Å². The molecule has 1 atom stereocenters. The lowest BCUT2D eigenvalue weighted by Gasteiger charge is -2.33. The number of carbonyl (C=O) groups excluding carboxylic acids is 2. The molecule has 3 aromatic rings. The van der Waals surface area contributed by atoms with Crippen molar-refractivity contribution in [2.75, 3.05) is 27.7 Å². The second-order valence-electron chi connectivity index (χ2n) is 8.19. The highest BCUT2D eigenvalue weighted by Crippen LogP contribution is 2.35. The van der Waals surface area contributed by atoms with Crippen LogP contribution in [-0.2, 0) is 14.8 Å². The van der Waals surface area contributed by atoms with Crippen molar-refractivity contribution in [1.29, 1.82) is 0 Å². The van der Waals surface area contributed by atoms with E-state index in [0.29, 0.717) is 12.8 Å². The fraction of sp³-hybridized carbons (Fsp3) is 0.217. The molecular formula is C23H21ClF2N6O4S. The van der Waals surface area contributed by atoms with Gasteiger partial charge in [0.05, 0.1) is 30.0 Å². The van der Waals surface area contributed by atoms with Crippen LogP contribution in [0.1, 0.15) is 12.8 Å². The van der Waals surface area contributed by atoms with Crippen LogP contribution in [0.2, 0.25) is 5.15 Å². The number of carbonyl (C=O) groups is 2. The summed E-state index contributed by atoms with van der Waals surface area (Å²) in [6, 6.07) is 6.77. The minimum atomic E-state index is -3.67. The van der Waals surface area contributed by atoms with E-state index in [-0.39, 0.29) is 40.0 Å². The van der Waals surface area contributed by atoms with Crippen molar-refractivity contribution in [2.24, 2.45) is 0 Å². The molecule has 3 amide bonds. The van der Waals surface area contributed by atoms with Gasteiger partial charge in [0.25, 0.3) is 0 Å². The van der Waals surface area contributed by atoms with E-state index in [2.05, 4.69) is 25.3 Å². The first kappa shape index (κ1) is 26.2. The van der Waals surface area contributed by atoms with Crippen LogP contribution in [0.5, 0.6) is 0 Å². The summed E-state index contributed by atoms with van der Waals surface area (Å²) in [5.74, 6) is -3.03. The number of amides is 3. The number of hydrogen-bond acceptors (Lipinski definition) is 6. The highest BCUT2D eigenvalue weighted by molar-refractivity contribution is 7.92. The van der Waals surface area contributed by atoms with Gasteiger partial charge < -0.3 is 10.2 Å². The minimum Gasteiger partial charge on any atom is -0.326 e. The maximum Gasteiger partial charge on any atom is 0.321 e. The SMILES string of the molecule is CS(=O)(=O)Nc1ccccc1-c1ccc(N2CCCC(NC(=O)Nc3cnc(Cl)cn3)C2=O)c(F)c1F. The molecule has 194 valence electrons. The number of benzene rings is 2. The van der Waals surface area contributed by atoms with Crippen molar-refractivity contribution in [1.82, 2.24) is 15.3 Å². The zero-order valence-corrected chi connectivity index (χ0v) is 20.9. The lowest BCUT2D eigenvalue weighted by molar-refractivity contribution is -0.121. The number of piperidine rings is 1. The molecule has 4 rings (SSSR count). The standard InChI is InChI=1S/C23H21ClF2N6O4S/c1-37(35,36)31-15-6-3-2-5-13(15)14-8-9-17(21(26)20(14)25)32-10-4-7-16(22(32)33)29-23(34)30-19-12-27-18(24)11-28-19/h2-3,5-6,8-9,11-12,16,31H,4,7,10H2,1H3,(H2,28,29,30,34). The number of nitrogens with zero attached hydrogens (tertiary/aromatic N) is 3. The lowest BCUT2D eigenvalue weighted by atomic mass is 10.00. The first-order valence-corrected chi connectivity index (χ1v) is 13.2. The van der Waals surface area contributed by atoms with Crippen LogP contribution in [0.25, 0.3) is 11.1 Å². The highest BCUT2D eigenvalue weighted by Gasteiger charge is 2.33. The van der Waals surface area contributed by atoms with E-state index in [4.69, 9.17) is 11.6 Å². The molecule has 1 aromatic heterocycles. The smallest absolute Gasteiger partial charge is 0.321 e. The third kappa shape index (κ3) is 6.12. The Balaban J connectivity index is 1.55. The summed E-state index contributed by atoms with van der Waals surface area (Å²) in [5, 5.41) is 5.07. The summed E-state index contributed by atoms with van der Waals surface area (Å²) in [7, 11) is -3.67. The van der Waals surface area contributed by atoms with Gasteiger partial charge in [-0.3, -0.25) is 14.8 Å². The summed E-state index contributed by atoms with van der Waals surface area (Å²) in [6.45, 7) is 0.114. The molecule has 0 bridgehead atoms. The Bertz CT molecular complexity index is 1460. The molecule has 1 aliphatic rings. The number of nitrogens with one attached hydrogen (secondary N) is 3. The third-order valence-electron chi connectivity index (χ3n) is 5.47. The molecule has 1 aliphatic heterocycles. The quantitative estimate of drug-likeness (QED) is 0.428. The van der Waals surface area contributed by atoms with Gasteiger partial charge in [0.1, 0.15) is 11.2 Å². The Labute approximate surface area is 216 Å². The molecule has 1 fully saturated rings. The molecular weight excluding hydrogens is 530 g/mol. The minimum absolute atomic E-state index is 0.0748. The van der Waals surface area contributed by atoms with Gasteiger partial charge in [-0.05, 0) is 31.0 Å². The second kappa shape index (κ2) is 10.6. The van der Waals surface area contributed by atoms with Crippen LogP contribution < -0.4 is 20.3 Å². The molecule has 0 saturated carbocycles. The van der Waals surface area contributed by atoms with Gasteiger partial charge in [-0.2, -0.15) is 0 Å². The van der Waals surface area contributed by atoms with Crippen LogP contribution in [-0.4, -0.2) is 49.2 Å². The highest BCUT2D eigenvalue weighted by atomic mass is 35.5. The Morgan fingerprint density at radius 1 is 1.08 bits per heavy atom. The average molecular weight is 551 g/mol. The van der Waals surface area contributed by atoms with Gasteiger partial charge in [0, 0.05) is 17.7 Å². The topological polar surface area (TPSA) is 133 Å². The zero-order chi connectivity index (χ0) is 26.7. The van der Waals surface area contributed by atoms with Gasteiger partial charge in [0.2, 0.25) is 15.9 Å². The molecule has 1 saturated heterocycles. The van der Waals surface area contributed by atoms with Gasteiger partial charge in [-0.1, -0.05) is 29.8 Å². The molecule has 14 heteroatoms. The molecule has 2 aromatic carbocycles. The van der Waals surface area contributed by atoms with Crippen molar-refractivity contribution in [2.45, 2.75) is 18.9 Å². The molecule has 0 spiro atoms. The number of halogens is 3. The lowest BCUT2D eigenvalue weighted by Crippen LogP contribution is -2.53. The van der Waals surface area contributed by atoms with Crippen LogP contribution in [0.4, 0.5) is 30.8 Å². The first-order valence-electron chi connectivity index (χ1n) is 10.9. The van der Waals surface area contributed by atoms with E-state index in [9.17, 15) is 18.0 Å². The van der Waals surface area contributed by atoms with Crippen molar-refractivity contribution in [3.63, 3.8) is 0 Å². The van der Waals surface area contributed by atoms with E-state index in [1.807, 2.05) is 0 Å². The third-order valence-corrected chi connectivity index (χ3v) is 6.26. The van der Waals surface area contributed by atoms with Gasteiger partial charge in [0.15, 0.2) is 17.5 Å². The number of urea groups is 1. The zero-order valence-electron chi connectivity index (χ0n) is 19.3. The molecule has 10 nitrogen and oxygen atoms in total. The number of aromatic nitrogens is 2. The second-order valence-corrected chi connectivity index (χ2v) is 10.3. The number of sulfonamides is 1. The Hall–Kier alpha value is -3.84. The molecule has 2 heterocycles. The molecule has 0 aliphatic carbocycles. The molecule has 3 N–H and O–H groups in total. The summed E-state index contributed by atoms with van der Waals surface area (Å²) in [4.78, 5) is 34.1. The largest absolute Gasteiger partial charge is 0.326 e. The first-order chi connectivity index (χ1) is 17.5. The monoisotopic (exact) mass is 550 g/mol. The summed E-state index contributed by atoms with van der Waals surface area (Å²) in [6.07, 6.45) is 4.13. The van der Waals surface area contributed by atoms with Crippen molar-refractivity contribution in [3.05, 3.63) is 65.6 Å². The van der Waals surface area contributed by atoms with Crippen molar-refractivity contribution >= 4 is 50.8 Å². The number of rotatable bonds is 6. The fourth-order valence-corrected chi connectivity index (χ4v) is 4.57. The van der Waals surface area contributed by atoms with E-state index >= 15 is 8.78 Å². The summed E-state index contributed by atoms with van der Waals surface area (Å²) >= 11 is 5.66.